The van der Waals surface area contributed by atoms with Gasteiger partial charge in [-0.3, -0.25) is 4.79 Å². The largest absolute Gasteiger partial charge is 0.355 e. The molecule has 0 atom stereocenters. The number of nitrogens with one attached hydrogen (secondary N) is 1. The number of hydrogen-bond acceptors (Lipinski definition) is 3. The van der Waals surface area contributed by atoms with Gasteiger partial charge in [0.2, 0.25) is 5.91 Å². The fraction of sp³-hybridized carbons (Fsp3) is 0.278. The van der Waals surface area contributed by atoms with Gasteiger partial charge < -0.3 is 5.32 Å². The molecule has 140 valence electrons. The van der Waals surface area contributed by atoms with Gasteiger partial charge >= 0.3 is 0 Å². The first-order valence-corrected chi connectivity index (χ1v) is 11.6. The van der Waals surface area contributed by atoms with E-state index in [2.05, 4.69) is 5.32 Å². The molecule has 0 aromatic heterocycles. The van der Waals surface area contributed by atoms with E-state index in [0.29, 0.717) is 38.1 Å². The van der Waals surface area contributed by atoms with Crippen molar-refractivity contribution in [3.63, 3.8) is 0 Å². The molecule has 26 heavy (non-hydrogen) atoms. The van der Waals surface area contributed by atoms with E-state index in [0.717, 1.165) is 22.6 Å². The molecule has 2 aromatic rings. The molecule has 0 aliphatic rings. The highest BCUT2D eigenvalue weighted by Gasteiger charge is 2.07. The summed E-state index contributed by atoms with van der Waals surface area (Å²) in [6.07, 6.45) is 0. The van der Waals surface area contributed by atoms with Gasteiger partial charge in [-0.2, -0.15) is 11.8 Å². The highest BCUT2D eigenvalue weighted by molar-refractivity contribution is 7.99. The summed E-state index contributed by atoms with van der Waals surface area (Å²) in [5, 5.41) is 5.29. The number of rotatable bonds is 9. The van der Waals surface area contributed by atoms with Crippen LogP contribution in [0.5, 0.6) is 0 Å². The van der Waals surface area contributed by atoms with E-state index < -0.39 is 0 Å². The predicted molar refractivity (Wildman–Crippen MR) is 118 cm³/mol. The van der Waals surface area contributed by atoms with Crippen LogP contribution in [0.4, 0.5) is 0 Å². The SMILES string of the molecule is O=C(CSCc1c(Cl)cccc1Cl)NCCSCc1ccc(Cl)c(Cl)c1. The minimum atomic E-state index is 0.00770. The number of thioether (sulfide) groups is 2. The highest BCUT2D eigenvalue weighted by atomic mass is 35.5. The van der Waals surface area contributed by atoms with Crippen molar-refractivity contribution in [2.24, 2.45) is 0 Å². The van der Waals surface area contributed by atoms with Gasteiger partial charge in [-0.1, -0.05) is 58.5 Å². The molecule has 1 amide bonds. The Hall–Kier alpha value is -0.230. The van der Waals surface area contributed by atoms with E-state index in [9.17, 15) is 4.79 Å². The Kier molecular flexibility index (Phi) is 9.82. The smallest absolute Gasteiger partial charge is 0.230 e. The summed E-state index contributed by atoms with van der Waals surface area (Å²) in [6.45, 7) is 0.623. The topological polar surface area (TPSA) is 29.1 Å². The fourth-order valence-electron chi connectivity index (χ4n) is 2.05. The van der Waals surface area contributed by atoms with Crippen LogP contribution < -0.4 is 5.32 Å². The number of amides is 1. The summed E-state index contributed by atoms with van der Waals surface area (Å²) < 4.78 is 0. The van der Waals surface area contributed by atoms with Gasteiger partial charge in [0, 0.05) is 33.8 Å². The van der Waals surface area contributed by atoms with E-state index in [4.69, 9.17) is 46.4 Å². The molecule has 2 rings (SSSR count). The van der Waals surface area contributed by atoms with Gasteiger partial charge in [-0.25, -0.2) is 0 Å². The third kappa shape index (κ3) is 7.41. The summed E-state index contributed by atoms with van der Waals surface area (Å²) in [5.74, 6) is 2.64. The van der Waals surface area contributed by atoms with Gasteiger partial charge in [0.05, 0.1) is 15.8 Å². The lowest BCUT2D eigenvalue weighted by Crippen LogP contribution is -2.27. The van der Waals surface area contributed by atoms with Crippen molar-refractivity contribution in [1.82, 2.24) is 5.32 Å². The third-order valence-electron chi connectivity index (χ3n) is 3.36. The maximum atomic E-state index is 11.9. The summed E-state index contributed by atoms with van der Waals surface area (Å²) in [4.78, 5) is 11.9. The third-order valence-corrected chi connectivity index (χ3v) is 6.80. The minimum Gasteiger partial charge on any atom is -0.355 e. The monoisotopic (exact) mass is 467 g/mol. The molecule has 0 saturated heterocycles. The van der Waals surface area contributed by atoms with Crippen LogP contribution in [0.3, 0.4) is 0 Å². The molecule has 0 unspecified atom stereocenters. The Labute approximate surface area is 182 Å². The number of carbonyl (C=O) groups excluding carboxylic acids is 1. The van der Waals surface area contributed by atoms with Crippen molar-refractivity contribution in [3.8, 4) is 0 Å². The molecule has 0 spiro atoms. The van der Waals surface area contributed by atoms with E-state index in [1.54, 1.807) is 36.0 Å². The lowest BCUT2D eigenvalue weighted by molar-refractivity contribution is -0.118. The lowest BCUT2D eigenvalue weighted by Gasteiger charge is -2.08. The summed E-state index contributed by atoms with van der Waals surface area (Å²) >= 11 is 27.3. The van der Waals surface area contributed by atoms with Crippen molar-refractivity contribution in [1.29, 1.82) is 0 Å². The zero-order valence-corrected chi connectivity index (χ0v) is 18.4. The predicted octanol–water partition coefficient (Wildman–Crippen LogP) is 6.58. The van der Waals surface area contributed by atoms with E-state index in [1.807, 2.05) is 12.1 Å². The molecule has 1 N–H and O–H groups in total. The normalized spacial score (nSPS) is 10.8. The average molecular weight is 469 g/mol. The maximum Gasteiger partial charge on any atom is 0.230 e. The second-order valence-electron chi connectivity index (χ2n) is 5.34. The van der Waals surface area contributed by atoms with Gasteiger partial charge in [-0.15, -0.1) is 11.8 Å². The molecule has 0 saturated carbocycles. The molecule has 0 aliphatic heterocycles. The van der Waals surface area contributed by atoms with E-state index in [1.165, 1.54) is 11.8 Å². The van der Waals surface area contributed by atoms with Crippen LogP contribution in [-0.4, -0.2) is 24.0 Å². The van der Waals surface area contributed by atoms with Gasteiger partial charge in [0.15, 0.2) is 0 Å². The zero-order valence-electron chi connectivity index (χ0n) is 13.7. The molecule has 0 heterocycles. The van der Waals surface area contributed by atoms with E-state index in [-0.39, 0.29) is 5.91 Å². The van der Waals surface area contributed by atoms with Crippen LogP contribution in [-0.2, 0) is 16.3 Å². The molecule has 8 heteroatoms. The Bertz CT molecular complexity index is 738. The number of benzene rings is 2. The van der Waals surface area contributed by atoms with Crippen molar-refractivity contribution in [2.75, 3.05) is 18.1 Å². The van der Waals surface area contributed by atoms with Crippen molar-refractivity contribution in [3.05, 3.63) is 67.6 Å². The number of carbonyl (C=O) groups is 1. The summed E-state index contributed by atoms with van der Waals surface area (Å²) in [6, 6.07) is 11.0. The molecular weight excluding hydrogens is 452 g/mol. The van der Waals surface area contributed by atoms with Crippen LogP contribution in [0.2, 0.25) is 20.1 Å². The van der Waals surface area contributed by atoms with Crippen LogP contribution in [0.25, 0.3) is 0 Å². The average Bonchev–Trinajstić information content (AvgIpc) is 2.60. The second-order valence-corrected chi connectivity index (χ2v) is 9.06. The summed E-state index contributed by atoms with van der Waals surface area (Å²) in [5.41, 5.74) is 1.98. The lowest BCUT2D eigenvalue weighted by atomic mass is 10.2. The Morgan fingerprint density at radius 1 is 0.885 bits per heavy atom. The first-order chi connectivity index (χ1) is 12.5. The molecule has 0 bridgehead atoms. The molecule has 0 aliphatic carbocycles. The van der Waals surface area contributed by atoms with E-state index >= 15 is 0 Å². The molecular formula is C18H17Cl4NOS2. The standard InChI is InChI=1S/C18H17Cl4NOS2/c19-14-2-1-3-15(20)13(14)10-26-11-18(24)23-6-7-25-9-12-4-5-16(21)17(22)8-12/h1-5,8H,6-7,9-11H2,(H,23,24). The van der Waals surface area contributed by atoms with Gasteiger partial charge in [0.25, 0.3) is 0 Å². The zero-order chi connectivity index (χ0) is 18.9. The minimum absolute atomic E-state index is 0.00770. The van der Waals surface area contributed by atoms with Crippen LogP contribution in [0.15, 0.2) is 36.4 Å². The Morgan fingerprint density at radius 3 is 2.31 bits per heavy atom. The van der Waals surface area contributed by atoms with Crippen molar-refractivity contribution in [2.45, 2.75) is 11.5 Å². The van der Waals surface area contributed by atoms with Crippen LogP contribution in [0.1, 0.15) is 11.1 Å². The summed E-state index contributed by atoms with van der Waals surface area (Å²) in [7, 11) is 0. The van der Waals surface area contributed by atoms with Crippen LogP contribution >= 0.6 is 69.9 Å². The Balaban J connectivity index is 1.59. The number of hydrogen-bond donors (Lipinski definition) is 1. The van der Waals surface area contributed by atoms with Gasteiger partial charge in [-0.05, 0) is 35.4 Å². The first kappa shape index (κ1) is 22.1. The molecule has 2 nitrogen and oxygen atoms in total. The first-order valence-electron chi connectivity index (χ1n) is 7.76. The second kappa shape index (κ2) is 11.6. The van der Waals surface area contributed by atoms with Crippen molar-refractivity contribution >= 4 is 75.8 Å². The quantitative estimate of drug-likeness (QED) is 0.421. The fourth-order valence-corrected chi connectivity index (χ4v) is 4.77. The Morgan fingerprint density at radius 2 is 1.62 bits per heavy atom. The van der Waals surface area contributed by atoms with Crippen molar-refractivity contribution < 1.29 is 4.79 Å². The number of halogens is 4. The molecule has 2 aromatic carbocycles. The maximum absolute atomic E-state index is 11.9. The van der Waals surface area contributed by atoms with Crippen LogP contribution in [0, 0.1) is 0 Å². The highest BCUT2D eigenvalue weighted by Crippen LogP contribution is 2.28. The molecule has 0 radical (unpaired) electrons. The van der Waals surface area contributed by atoms with Gasteiger partial charge in [0.1, 0.15) is 0 Å². The molecule has 0 fully saturated rings.